The lowest BCUT2D eigenvalue weighted by Crippen LogP contribution is -2.20. The van der Waals surface area contributed by atoms with Gasteiger partial charge in [0.05, 0.1) is 0 Å². The Kier molecular flexibility index (Phi) is 1.90. The number of carbonyl (C=O) groups excluding carboxylic acids is 2. The van der Waals surface area contributed by atoms with E-state index in [4.69, 9.17) is 5.90 Å². The molecular weight excluding hydrogens is 182 g/mol. The van der Waals surface area contributed by atoms with Gasteiger partial charge in [-0.2, -0.15) is 5.90 Å². The summed E-state index contributed by atoms with van der Waals surface area (Å²) < 4.78 is 0. The third kappa shape index (κ3) is 1.13. The highest BCUT2D eigenvalue weighted by Crippen LogP contribution is 2.20. The zero-order valence-electron chi connectivity index (χ0n) is 7.19. The third-order valence-corrected chi connectivity index (χ3v) is 2.05. The van der Waals surface area contributed by atoms with Crippen molar-refractivity contribution in [3.8, 4) is 0 Å². The van der Waals surface area contributed by atoms with Crippen LogP contribution in [0.2, 0.25) is 0 Å². The van der Waals surface area contributed by atoms with Gasteiger partial charge in [0.25, 0.3) is 0 Å². The minimum Gasteiger partial charge on any atom is -0.407 e. The van der Waals surface area contributed by atoms with Gasteiger partial charge in [0.15, 0.2) is 11.5 Å². The van der Waals surface area contributed by atoms with Gasteiger partial charge < -0.3 is 4.84 Å². The van der Waals surface area contributed by atoms with Gasteiger partial charge in [-0.15, -0.1) is 0 Å². The topological polar surface area (TPSA) is 69.4 Å². The van der Waals surface area contributed by atoms with Crippen LogP contribution < -0.4 is 5.90 Å². The van der Waals surface area contributed by atoms with Crippen LogP contribution in [-0.2, 0) is 4.84 Å². The first-order valence-corrected chi connectivity index (χ1v) is 4.00. The van der Waals surface area contributed by atoms with Crippen molar-refractivity contribution in [1.82, 2.24) is 0 Å². The molecule has 14 heavy (non-hydrogen) atoms. The predicted octanol–water partition coefficient (Wildman–Crippen LogP) is 0.840. The molecule has 1 aliphatic carbocycles. The van der Waals surface area contributed by atoms with Crippen LogP contribution in [0.25, 0.3) is 0 Å². The molecule has 0 spiro atoms. The summed E-state index contributed by atoms with van der Waals surface area (Å²) in [4.78, 5) is 27.3. The Balaban J connectivity index is 2.61. The molecule has 2 rings (SSSR count). The zero-order valence-corrected chi connectivity index (χ0v) is 7.19. The van der Waals surface area contributed by atoms with Crippen molar-refractivity contribution < 1.29 is 14.4 Å². The molecule has 0 aromatic heterocycles. The highest BCUT2D eigenvalue weighted by Gasteiger charge is 2.25. The monoisotopic (exact) mass is 189 g/mol. The van der Waals surface area contributed by atoms with Crippen LogP contribution in [0.1, 0.15) is 20.7 Å². The molecular formula is C10H7NO3. The fourth-order valence-corrected chi connectivity index (χ4v) is 1.38. The molecule has 1 aliphatic rings. The fraction of sp³-hybridized carbons (Fsp3) is 0. The van der Waals surface area contributed by atoms with Crippen LogP contribution >= 0.6 is 0 Å². The molecule has 0 fully saturated rings. The lowest BCUT2D eigenvalue weighted by Gasteiger charge is -2.12. The van der Waals surface area contributed by atoms with Crippen LogP contribution in [0.15, 0.2) is 36.1 Å². The van der Waals surface area contributed by atoms with Gasteiger partial charge in [-0.1, -0.05) is 24.3 Å². The summed E-state index contributed by atoms with van der Waals surface area (Å²) in [6, 6.07) is 6.55. The van der Waals surface area contributed by atoms with Gasteiger partial charge >= 0.3 is 0 Å². The van der Waals surface area contributed by atoms with E-state index in [-0.39, 0.29) is 17.3 Å². The van der Waals surface area contributed by atoms with E-state index >= 15 is 0 Å². The summed E-state index contributed by atoms with van der Waals surface area (Å²) >= 11 is 0. The Morgan fingerprint density at radius 2 is 1.71 bits per heavy atom. The van der Waals surface area contributed by atoms with Crippen molar-refractivity contribution in [3.05, 3.63) is 47.2 Å². The number of hydrogen-bond donors (Lipinski definition) is 1. The van der Waals surface area contributed by atoms with Gasteiger partial charge in [-0.25, -0.2) is 0 Å². The van der Waals surface area contributed by atoms with Crippen molar-refractivity contribution in [3.63, 3.8) is 0 Å². The molecule has 0 saturated heterocycles. The maximum atomic E-state index is 11.6. The van der Waals surface area contributed by atoms with Crippen LogP contribution in [0.4, 0.5) is 0 Å². The van der Waals surface area contributed by atoms with Crippen LogP contribution in [-0.4, -0.2) is 11.6 Å². The van der Waals surface area contributed by atoms with E-state index < -0.39 is 0 Å². The van der Waals surface area contributed by atoms with E-state index in [1.54, 1.807) is 24.3 Å². The molecule has 70 valence electrons. The van der Waals surface area contributed by atoms with Crippen LogP contribution in [0.5, 0.6) is 0 Å². The van der Waals surface area contributed by atoms with E-state index in [0.29, 0.717) is 11.1 Å². The highest BCUT2D eigenvalue weighted by molar-refractivity contribution is 6.23. The first-order valence-electron chi connectivity index (χ1n) is 4.00. The minimum atomic E-state index is -0.359. The minimum absolute atomic E-state index is 0.117. The fourth-order valence-electron chi connectivity index (χ4n) is 1.38. The lowest BCUT2D eigenvalue weighted by atomic mass is 9.94. The first kappa shape index (κ1) is 8.65. The summed E-state index contributed by atoms with van der Waals surface area (Å²) in [7, 11) is 0. The maximum Gasteiger partial charge on any atom is 0.231 e. The highest BCUT2D eigenvalue weighted by atomic mass is 16.6. The summed E-state index contributed by atoms with van der Waals surface area (Å²) in [5, 5.41) is 0. The summed E-state index contributed by atoms with van der Waals surface area (Å²) in [5.41, 5.74) is 0.721. The third-order valence-electron chi connectivity index (χ3n) is 2.05. The molecule has 0 saturated carbocycles. The summed E-state index contributed by atoms with van der Waals surface area (Å²) in [6.45, 7) is 0. The van der Waals surface area contributed by atoms with Gasteiger partial charge in [0.1, 0.15) is 0 Å². The van der Waals surface area contributed by atoms with E-state index in [0.717, 1.165) is 6.08 Å². The second-order valence-electron chi connectivity index (χ2n) is 2.87. The van der Waals surface area contributed by atoms with E-state index in [1.165, 1.54) is 0 Å². The Morgan fingerprint density at radius 1 is 1.07 bits per heavy atom. The van der Waals surface area contributed by atoms with Gasteiger partial charge in [-0.05, 0) is 0 Å². The predicted molar refractivity (Wildman–Crippen MR) is 48.5 cm³/mol. The second kappa shape index (κ2) is 3.08. The van der Waals surface area contributed by atoms with Crippen molar-refractivity contribution >= 4 is 11.6 Å². The number of carbonyl (C=O) groups is 2. The molecule has 4 nitrogen and oxygen atoms in total. The Morgan fingerprint density at radius 3 is 2.36 bits per heavy atom. The maximum absolute atomic E-state index is 11.6. The number of nitrogens with two attached hydrogens (primary N) is 1. The molecule has 0 unspecified atom stereocenters. The molecule has 0 heterocycles. The lowest BCUT2D eigenvalue weighted by molar-refractivity contribution is 0.0884. The van der Waals surface area contributed by atoms with E-state index in [9.17, 15) is 9.59 Å². The largest absolute Gasteiger partial charge is 0.407 e. The van der Waals surface area contributed by atoms with Crippen LogP contribution in [0.3, 0.4) is 0 Å². The number of hydrogen-bond acceptors (Lipinski definition) is 4. The van der Waals surface area contributed by atoms with Gasteiger partial charge in [0.2, 0.25) is 5.78 Å². The first-order chi connectivity index (χ1) is 6.74. The molecule has 0 aliphatic heterocycles. The Hall–Kier alpha value is -1.94. The zero-order chi connectivity index (χ0) is 10.1. The smallest absolute Gasteiger partial charge is 0.231 e. The number of ketones is 2. The average molecular weight is 189 g/mol. The van der Waals surface area contributed by atoms with E-state index in [2.05, 4.69) is 4.84 Å². The second-order valence-corrected chi connectivity index (χ2v) is 2.87. The van der Waals surface area contributed by atoms with Crippen LogP contribution in [0, 0.1) is 0 Å². The summed E-state index contributed by atoms with van der Waals surface area (Å²) in [6.07, 6.45) is 1.10. The Labute approximate surface area is 79.9 Å². The van der Waals surface area contributed by atoms with E-state index in [1.807, 2.05) is 0 Å². The molecule has 0 amide bonds. The Bertz CT molecular complexity index is 448. The van der Waals surface area contributed by atoms with Crippen molar-refractivity contribution in [1.29, 1.82) is 0 Å². The van der Waals surface area contributed by atoms with Crippen molar-refractivity contribution in [2.75, 3.05) is 0 Å². The molecule has 1 aromatic rings. The molecule has 0 radical (unpaired) electrons. The number of allylic oxidation sites excluding steroid dienone is 2. The average Bonchev–Trinajstić information content (AvgIpc) is 2.23. The molecule has 4 heteroatoms. The molecule has 0 bridgehead atoms. The van der Waals surface area contributed by atoms with Gasteiger partial charge in [0, 0.05) is 17.2 Å². The number of benzene rings is 1. The molecule has 2 N–H and O–H groups in total. The van der Waals surface area contributed by atoms with Crippen molar-refractivity contribution in [2.45, 2.75) is 0 Å². The number of Topliss-reactive ketones (excluding diaryl/α,β-unsaturated/α-hetero) is 1. The SMILES string of the molecule is NOC1=CC(=O)c2ccccc2C1=O. The van der Waals surface area contributed by atoms with Gasteiger partial charge in [-0.3, -0.25) is 9.59 Å². The molecule has 1 aromatic carbocycles. The quantitative estimate of drug-likeness (QED) is 0.664. The molecule has 0 atom stereocenters. The normalized spacial score (nSPS) is 14.8. The number of rotatable bonds is 1. The summed E-state index contributed by atoms with van der Waals surface area (Å²) in [5.74, 6) is 4.13. The standard InChI is InChI=1S/C10H7NO3/c11-14-9-5-8(12)6-3-1-2-4-7(6)10(9)13/h1-5H,11H2. The van der Waals surface area contributed by atoms with Crippen molar-refractivity contribution in [2.24, 2.45) is 5.90 Å². The number of fused-ring (bicyclic) bond motifs is 1.